The first-order valence-electron chi connectivity index (χ1n) is 8.89. The SMILES string of the molecule is COc1cc(C)ccc1CNC(=NCc1ccccc1)NCC(=O)N(C)C.I. The molecule has 28 heavy (non-hydrogen) atoms. The van der Waals surface area contributed by atoms with E-state index >= 15 is 0 Å². The Bertz CT molecular complexity index is 779. The van der Waals surface area contributed by atoms with Crippen molar-refractivity contribution in [2.75, 3.05) is 27.7 Å². The normalized spacial score (nSPS) is 10.6. The second-order valence-electron chi connectivity index (χ2n) is 6.46. The number of carbonyl (C=O) groups excluding carboxylic acids is 1. The molecule has 2 N–H and O–H groups in total. The van der Waals surface area contributed by atoms with E-state index in [4.69, 9.17) is 4.74 Å². The van der Waals surface area contributed by atoms with Crippen LogP contribution in [0.3, 0.4) is 0 Å². The van der Waals surface area contributed by atoms with Gasteiger partial charge < -0.3 is 20.3 Å². The van der Waals surface area contributed by atoms with Gasteiger partial charge in [0.1, 0.15) is 5.75 Å². The molecule has 0 aromatic heterocycles. The summed E-state index contributed by atoms with van der Waals surface area (Å²) in [5.74, 6) is 1.39. The molecule has 0 saturated heterocycles. The van der Waals surface area contributed by atoms with Gasteiger partial charge in [-0.3, -0.25) is 4.79 Å². The van der Waals surface area contributed by atoms with Gasteiger partial charge in [-0.1, -0.05) is 42.5 Å². The highest BCUT2D eigenvalue weighted by Crippen LogP contribution is 2.19. The summed E-state index contributed by atoms with van der Waals surface area (Å²) < 4.78 is 5.46. The average molecular weight is 496 g/mol. The third kappa shape index (κ3) is 7.75. The number of guanidine groups is 1. The molecule has 0 unspecified atom stereocenters. The minimum atomic E-state index is -0.0165. The minimum Gasteiger partial charge on any atom is -0.496 e. The van der Waals surface area contributed by atoms with E-state index in [-0.39, 0.29) is 36.4 Å². The van der Waals surface area contributed by atoms with Crippen LogP contribution < -0.4 is 15.4 Å². The van der Waals surface area contributed by atoms with E-state index in [0.29, 0.717) is 19.0 Å². The predicted molar refractivity (Wildman–Crippen MR) is 124 cm³/mol. The number of amides is 1. The predicted octanol–water partition coefficient (Wildman–Crippen LogP) is 2.95. The van der Waals surface area contributed by atoms with Crippen molar-refractivity contribution in [1.29, 1.82) is 0 Å². The summed E-state index contributed by atoms with van der Waals surface area (Å²) in [4.78, 5) is 18.0. The molecule has 0 atom stereocenters. The first-order valence-corrected chi connectivity index (χ1v) is 8.89. The fraction of sp³-hybridized carbons (Fsp3) is 0.333. The number of nitrogens with one attached hydrogen (secondary N) is 2. The van der Waals surface area contributed by atoms with E-state index < -0.39 is 0 Å². The maximum atomic E-state index is 11.9. The van der Waals surface area contributed by atoms with Gasteiger partial charge in [0.25, 0.3) is 0 Å². The van der Waals surface area contributed by atoms with Crippen LogP contribution in [0, 0.1) is 6.92 Å². The third-order valence-corrected chi connectivity index (χ3v) is 4.06. The standard InChI is InChI=1S/C21H28N4O2.HI/c1-16-10-11-18(19(12-16)27-4)14-23-21(24-15-20(26)25(2)3)22-13-17-8-6-5-7-9-17;/h5-12H,13-15H2,1-4H3,(H2,22,23,24);1H. The molecule has 0 aliphatic rings. The molecule has 2 aromatic carbocycles. The van der Waals surface area contributed by atoms with Gasteiger partial charge in [-0.15, -0.1) is 24.0 Å². The van der Waals surface area contributed by atoms with Gasteiger partial charge in [0.2, 0.25) is 5.91 Å². The van der Waals surface area contributed by atoms with Crippen LogP contribution >= 0.6 is 24.0 Å². The van der Waals surface area contributed by atoms with Gasteiger partial charge in [0.15, 0.2) is 5.96 Å². The van der Waals surface area contributed by atoms with Crippen LogP contribution in [0.4, 0.5) is 0 Å². The number of rotatable bonds is 7. The number of halogens is 1. The Morgan fingerprint density at radius 2 is 1.82 bits per heavy atom. The number of methoxy groups -OCH3 is 1. The van der Waals surface area contributed by atoms with Crippen molar-refractivity contribution in [1.82, 2.24) is 15.5 Å². The number of aryl methyl sites for hydroxylation is 1. The molecular formula is C21H29IN4O2. The zero-order valence-corrected chi connectivity index (χ0v) is 19.2. The second-order valence-corrected chi connectivity index (χ2v) is 6.46. The zero-order valence-electron chi connectivity index (χ0n) is 16.9. The lowest BCUT2D eigenvalue weighted by Gasteiger charge is -2.16. The fourth-order valence-corrected chi connectivity index (χ4v) is 2.42. The van der Waals surface area contributed by atoms with Crippen molar-refractivity contribution in [2.24, 2.45) is 4.99 Å². The first kappa shape index (κ1) is 23.7. The molecule has 2 rings (SSSR count). The van der Waals surface area contributed by atoms with Gasteiger partial charge in [-0.05, 0) is 24.1 Å². The van der Waals surface area contributed by atoms with Gasteiger partial charge >= 0.3 is 0 Å². The van der Waals surface area contributed by atoms with Gasteiger partial charge in [0.05, 0.1) is 20.2 Å². The molecule has 7 heteroatoms. The topological polar surface area (TPSA) is 66.0 Å². The molecule has 6 nitrogen and oxygen atoms in total. The van der Waals surface area contributed by atoms with Crippen molar-refractivity contribution >= 4 is 35.8 Å². The Balaban J connectivity index is 0.00000392. The van der Waals surface area contributed by atoms with Crippen molar-refractivity contribution < 1.29 is 9.53 Å². The summed E-state index contributed by atoms with van der Waals surface area (Å²) in [5.41, 5.74) is 3.27. The minimum absolute atomic E-state index is 0. The smallest absolute Gasteiger partial charge is 0.241 e. The van der Waals surface area contributed by atoms with Crippen molar-refractivity contribution in [2.45, 2.75) is 20.0 Å². The van der Waals surface area contributed by atoms with Gasteiger partial charge in [0, 0.05) is 26.2 Å². The van der Waals surface area contributed by atoms with E-state index in [2.05, 4.69) is 15.6 Å². The van der Waals surface area contributed by atoms with E-state index in [0.717, 1.165) is 22.4 Å². The molecule has 0 heterocycles. The largest absolute Gasteiger partial charge is 0.496 e. The van der Waals surface area contributed by atoms with Crippen LogP contribution in [0.1, 0.15) is 16.7 Å². The molecule has 0 spiro atoms. The van der Waals surface area contributed by atoms with Crippen LogP contribution in [0.5, 0.6) is 5.75 Å². The first-order chi connectivity index (χ1) is 13.0. The summed E-state index contributed by atoms with van der Waals surface area (Å²) in [6.07, 6.45) is 0. The lowest BCUT2D eigenvalue weighted by molar-refractivity contribution is -0.127. The maximum absolute atomic E-state index is 11.9. The Morgan fingerprint density at radius 3 is 2.46 bits per heavy atom. The third-order valence-electron chi connectivity index (χ3n) is 4.06. The summed E-state index contributed by atoms with van der Waals surface area (Å²) in [5, 5.41) is 6.38. The van der Waals surface area contributed by atoms with Crippen molar-refractivity contribution in [3.8, 4) is 5.75 Å². The van der Waals surface area contributed by atoms with Crippen molar-refractivity contribution in [3.63, 3.8) is 0 Å². The summed E-state index contributed by atoms with van der Waals surface area (Å²) in [6, 6.07) is 16.1. The average Bonchev–Trinajstić information content (AvgIpc) is 2.68. The molecule has 0 aliphatic carbocycles. The number of carbonyl (C=O) groups is 1. The number of benzene rings is 2. The van der Waals surface area contributed by atoms with E-state index in [9.17, 15) is 4.79 Å². The molecule has 0 fully saturated rings. The summed E-state index contributed by atoms with van der Waals surface area (Å²) in [6.45, 7) is 3.27. The molecule has 0 saturated carbocycles. The monoisotopic (exact) mass is 496 g/mol. The number of hydrogen-bond acceptors (Lipinski definition) is 3. The zero-order chi connectivity index (χ0) is 19.6. The number of likely N-dealkylation sites (N-methyl/N-ethyl adjacent to an activating group) is 1. The van der Waals surface area contributed by atoms with E-state index in [1.807, 2.05) is 55.5 Å². The van der Waals surface area contributed by atoms with E-state index in [1.165, 1.54) is 0 Å². The molecule has 0 radical (unpaired) electrons. The molecule has 0 aliphatic heterocycles. The second kappa shape index (κ2) is 12.2. The number of aliphatic imine (C=N–C) groups is 1. The van der Waals surface area contributed by atoms with Crippen molar-refractivity contribution in [3.05, 3.63) is 65.2 Å². The van der Waals surface area contributed by atoms with E-state index in [1.54, 1.807) is 26.1 Å². The Morgan fingerprint density at radius 1 is 1.11 bits per heavy atom. The highest BCUT2D eigenvalue weighted by Gasteiger charge is 2.08. The summed E-state index contributed by atoms with van der Waals surface area (Å²) in [7, 11) is 5.13. The molecule has 1 amide bonds. The molecule has 2 aromatic rings. The Hall–Kier alpha value is -2.29. The Kier molecular flexibility index (Phi) is 10.4. The lowest BCUT2D eigenvalue weighted by Crippen LogP contribution is -2.42. The van der Waals surface area contributed by atoms with Gasteiger partial charge in [-0.2, -0.15) is 0 Å². The quantitative estimate of drug-likeness (QED) is 0.352. The molecule has 0 bridgehead atoms. The summed E-state index contributed by atoms with van der Waals surface area (Å²) >= 11 is 0. The number of hydrogen-bond donors (Lipinski definition) is 2. The highest BCUT2D eigenvalue weighted by molar-refractivity contribution is 14.0. The Labute approximate surface area is 184 Å². The van der Waals surface area contributed by atoms with Crippen LogP contribution in [0.25, 0.3) is 0 Å². The molecule has 152 valence electrons. The number of nitrogens with zero attached hydrogens (tertiary/aromatic N) is 2. The molecular weight excluding hydrogens is 467 g/mol. The van der Waals surface area contributed by atoms with Crippen LogP contribution in [0.15, 0.2) is 53.5 Å². The van der Waals surface area contributed by atoms with Crippen LogP contribution in [0.2, 0.25) is 0 Å². The van der Waals surface area contributed by atoms with Crippen LogP contribution in [-0.2, 0) is 17.9 Å². The lowest BCUT2D eigenvalue weighted by atomic mass is 10.1. The fourth-order valence-electron chi connectivity index (χ4n) is 2.42. The highest BCUT2D eigenvalue weighted by atomic mass is 127. The van der Waals surface area contributed by atoms with Crippen LogP contribution in [-0.4, -0.2) is 44.5 Å². The number of ether oxygens (including phenoxy) is 1. The maximum Gasteiger partial charge on any atom is 0.241 e. The van der Waals surface area contributed by atoms with Gasteiger partial charge in [-0.25, -0.2) is 4.99 Å².